The molecule has 138 valence electrons. The molecular formula is C23H17NO4. The lowest BCUT2D eigenvalue weighted by molar-refractivity contribution is -0.128. The van der Waals surface area contributed by atoms with E-state index in [0.29, 0.717) is 17.2 Å². The quantitative estimate of drug-likeness (QED) is 0.422. The highest BCUT2D eigenvalue weighted by atomic mass is 16.5. The van der Waals surface area contributed by atoms with Gasteiger partial charge < -0.3 is 14.8 Å². The number of nitrogens with one attached hydrogen (secondary N) is 1. The fourth-order valence-corrected chi connectivity index (χ4v) is 2.86. The lowest BCUT2D eigenvalue weighted by Gasteiger charge is -2.18. The maximum absolute atomic E-state index is 12.1. The van der Waals surface area contributed by atoms with Crippen molar-refractivity contribution in [2.24, 2.45) is 0 Å². The molecule has 28 heavy (non-hydrogen) atoms. The minimum atomic E-state index is -0.504. The number of amides is 1. The van der Waals surface area contributed by atoms with E-state index in [1.807, 2.05) is 54.6 Å². The predicted molar refractivity (Wildman–Crippen MR) is 107 cm³/mol. The number of fused-ring (bicyclic) bond motifs is 1. The van der Waals surface area contributed by atoms with Crippen molar-refractivity contribution >= 4 is 23.6 Å². The second kappa shape index (κ2) is 7.80. The van der Waals surface area contributed by atoms with Crippen molar-refractivity contribution in [1.29, 1.82) is 0 Å². The summed E-state index contributed by atoms with van der Waals surface area (Å²) in [6.07, 6.45) is 3.06. The lowest BCUT2D eigenvalue weighted by atomic mass is 10.0. The first-order valence-electron chi connectivity index (χ1n) is 8.79. The van der Waals surface area contributed by atoms with E-state index in [2.05, 4.69) is 5.32 Å². The number of esters is 1. The van der Waals surface area contributed by atoms with Crippen LogP contribution >= 0.6 is 0 Å². The molecule has 0 fully saturated rings. The van der Waals surface area contributed by atoms with E-state index in [1.54, 1.807) is 24.3 Å². The van der Waals surface area contributed by atoms with Gasteiger partial charge in [-0.3, -0.25) is 4.79 Å². The Morgan fingerprint density at radius 2 is 1.71 bits per heavy atom. The SMILES string of the molecule is O=C1COc2ccc(OC(=O)/C=C/c3ccc(-c4ccccc4)cc3)cc2N1. The van der Waals surface area contributed by atoms with Gasteiger partial charge in [0, 0.05) is 12.1 Å². The Balaban J connectivity index is 1.40. The van der Waals surface area contributed by atoms with Crippen LogP contribution < -0.4 is 14.8 Å². The Labute approximate surface area is 162 Å². The van der Waals surface area contributed by atoms with Gasteiger partial charge in [-0.05, 0) is 34.9 Å². The molecule has 0 unspecified atom stereocenters. The van der Waals surface area contributed by atoms with Crippen molar-refractivity contribution in [3.8, 4) is 22.6 Å². The van der Waals surface area contributed by atoms with Crippen molar-refractivity contribution in [2.75, 3.05) is 11.9 Å². The summed E-state index contributed by atoms with van der Waals surface area (Å²) in [6.45, 7) is -0.0159. The molecule has 1 aliphatic rings. The Morgan fingerprint density at radius 1 is 0.964 bits per heavy atom. The number of hydrogen-bond donors (Lipinski definition) is 1. The highest BCUT2D eigenvalue weighted by molar-refractivity contribution is 5.96. The van der Waals surface area contributed by atoms with Gasteiger partial charge in [0.25, 0.3) is 5.91 Å². The van der Waals surface area contributed by atoms with Crippen molar-refractivity contribution < 1.29 is 19.1 Å². The summed E-state index contributed by atoms with van der Waals surface area (Å²) in [7, 11) is 0. The second-order valence-corrected chi connectivity index (χ2v) is 6.24. The minimum absolute atomic E-state index is 0.0159. The molecule has 5 nitrogen and oxygen atoms in total. The number of ether oxygens (including phenoxy) is 2. The Morgan fingerprint density at radius 3 is 2.50 bits per heavy atom. The van der Waals surface area contributed by atoms with Gasteiger partial charge in [-0.1, -0.05) is 54.6 Å². The fourth-order valence-electron chi connectivity index (χ4n) is 2.86. The first-order chi connectivity index (χ1) is 13.7. The van der Waals surface area contributed by atoms with Crippen LogP contribution in [0.3, 0.4) is 0 Å². The van der Waals surface area contributed by atoms with E-state index in [1.165, 1.54) is 6.08 Å². The van der Waals surface area contributed by atoms with E-state index < -0.39 is 5.97 Å². The number of carbonyl (C=O) groups is 2. The van der Waals surface area contributed by atoms with Crippen molar-refractivity contribution in [2.45, 2.75) is 0 Å². The van der Waals surface area contributed by atoms with Gasteiger partial charge in [0.05, 0.1) is 5.69 Å². The van der Waals surface area contributed by atoms with Crippen LogP contribution in [0.15, 0.2) is 78.9 Å². The van der Waals surface area contributed by atoms with Gasteiger partial charge >= 0.3 is 5.97 Å². The monoisotopic (exact) mass is 371 g/mol. The summed E-state index contributed by atoms with van der Waals surface area (Å²) in [5, 5.41) is 2.68. The van der Waals surface area contributed by atoms with Crippen molar-refractivity contribution in [3.63, 3.8) is 0 Å². The van der Waals surface area contributed by atoms with Crippen LogP contribution in [0.25, 0.3) is 17.2 Å². The molecule has 0 aromatic heterocycles. The Kier molecular flexibility index (Phi) is 4.89. The molecule has 1 aliphatic heterocycles. The smallest absolute Gasteiger partial charge is 0.336 e. The zero-order valence-corrected chi connectivity index (χ0v) is 14.9. The Hall–Kier alpha value is -3.86. The number of hydrogen-bond acceptors (Lipinski definition) is 4. The third-order valence-electron chi connectivity index (χ3n) is 4.23. The molecule has 0 saturated heterocycles. The van der Waals surface area contributed by atoms with Crippen LogP contribution in [0.1, 0.15) is 5.56 Å². The normalized spacial score (nSPS) is 12.8. The number of benzene rings is 3. The van der Waals surface area contributed by atoms with Crippen LogP contribution in [0, 0.1) is 0 Å². The summed E-state index contributed by atoms with van der Waals surface area (Å²) in [6, 6.07) is 22.8. The highest BCUT2D eigenvalue weighted by Gasteiger charge is 2.16. The molecule has 4 rings (SSSR count). The van der Waals surface area contributed by atoms with Crippen LogP contribution in [0.4, 0.5) is 5.69 Å². The molecule has 3 aromatic rings. The predicted octanol–water partition coefficient (Wildman–Crippen LogP) is 4.30. The summed E-state index contributed by atoms with van der Waals surface area (Å²) in [5.74, 6) is 0.136. The third-order valence-corrected chi connectivity index (χ3v) is 4.23. The molecular weight excluding hydrogens is 354 g/mol. The maximum Gasteiger partial charge on any atom is 0.336 e. The van der Waals surface area contributed by atoms with Gasteiger partial charge in [-0.2, -0.15) is 0 Å². The third kappa shape index (κ3) is 4.10. The summed E-state index contributed by atoms with van der Waals surface area (Å²) in [5.41, 5.74) is 3.63. The van der Waals surface area contributed by atoms with Gasteiger partial charge in [0.15, 0.2) is 6.61 Å². The molecule has 0 spiro atoms. The van der Waals surface area contributed by atoms with Gasteiger partial charge in [0.2, 0.25) is 0 Å². The summed E-state index contributed by atoms with van der Waals surface area (Å²) >= 11 is 0. The molecule has 1 N–H and O–H groups in total. The van der Waals surface area contributed by atoms with Crippen LogP contribution in [0.2, 0.25) is 0 Å². The van der Waals surface area contributed by atoms with Gasteiger partial charge in [-0.25, -0.2) is 4.79 Å². The molecule has 5 heteroatoms. The average Bonchev–Trinajstić information content (AvgIpc) is 2.73. The second-order valence-electron chi connectivity index (χ2n) is 6.24. The minimum Gasteiger partial charge on any atom is -0.482 e. The van der Waals surface area contributed by atoms with Gasteiger partial charge in [-0.15, -0.1) is 0 Å². The fraction of sp³-hybridized carbons (Fsp3) is 0.0435. The van der Waals surface area contributed by atoms with E-state index >= 15 is 0 Å². The van der Waals surface area contributed by atoms with Crippen LogP contribution in [-0.4, -0.2) is 18.5 Å². The number of carbonyl (C=O) groups excluding carboxylic acids is 2. The highest BCUT2D eigenvalue weighted by Crippen LogP contribution is 2.31. The Bertz CT molecular complexity index is 1040. The van der Waals surface area contributed by atoms with E-state index in [4.69, 9.17) is 9.47 Å². The molecule has 0 aliphatic carbocycles. The molecule has 1 heterocycles. The first-order valence-corrected chi connectivity index (χ1v) is 8.79. The van der Waals surface area contributed by atoms with E-state index in [0.717, 1.165) is 16.7 Å². The van der Waals surface area contributed by atoms with Crippen molar-refractivity contribution in [3.05, 3.63) is 84.4 Å². The van der Waals surface area contributed by atoms with Gasteiger partial charge in [0.1, 0.15) is 11.5 Å². The van der Waals surface area contributed by atoms with E-state index in [-0.39, 0.29) is 12.5 Å². The van der Waals surface area contributed by atoms with Crippen LogP contribution in [0.5, 0.6) is 11.5 Å². The molecule has 1 amide bonds. The first kappa shape index (κ1) is 17.5. The standard InChI is InChI=1S/C23H17NO4/c25-22-15-27-21-12-11-19(14-20(21)24-22)28-23(26)13-8-16-6-9-18(10-7-16)17-4-2-1-3-5-17/h1-14H,15H2,(H,24,25)/b13-8+. The number of anilines is 1. The molecule has 0 bridgehead atoms. The summed E-state index contributed by atoms with van der Waals surface area (Å²) < 4.78 is 10.6. The molecule has 0 saturated carbocycles. The molecule has 3 aromatic carbocycles. The average molecular weight is 371 g/mol. The number of rotatable bonds is 4. The largest absolute Gasteiger partial charge is 0.482 e. The summed E-state index contributed by atoms with van der Waals surface area (Å²) in [4.78, 5) is 23.5. The molecule has 0 atom stereocenters. The van der Waals surface area contributed by atoms with E-state index in [9.17, 15) is 9.59 Å². The van der Waals surface area contributed by atoms with Crippen LogP contribution in [-0.2, 0) is 9.59 Å². The zero-order valence-electron chi connectivity index (χ0n) is 14.9. The van der Waals surface area contributed by atoms with Crippen molar-refractivity contribution in [1.82, 2.24) is 0 Å². The maximum atomic E-state index is 12.1. The lowest BCUT2D eigenvalue weighted by Crippen LogP contribution is -2.25. The molecule has 0 radical (unpaired) electrons. The zero-order chi connectivity index (χ0) is 19.3. The topological polar surface area (TPSA) is 64.6 Å².